The molecule has 1 N–H and O–H groups in total. The Morgan fingerprint density at radius 3 is 2.00 bits per heavy atom. The van der Waals surface area contributed by atoms with Gasteiger partial charge >= 0.3 is 0 Å². The van der Waals surface area contributed by atoms with Gasteiger partial charge in [0.2, 0.25) is 0 Å². The first-order valence-corrected chi connectivity index (χ1v) is 6.75. The summed E-state index contributed by atoms with van der Waals surface area (Å²) in [6.07, 6.45) is 0.819. The Bertz CT molecular complexity index is 687. The van der Waals surface area contributed by atoms with Crippen LogP contribution in [0.5, 0.6) is 5.75 Å². The van der Waals surface area contributed by atoms with Crippen molar-refractivity contribution in [3.63, 3.8) is 0 Å². The van der Waals surface area contributed by atoms with Gasteiger partial charge in [-0.15, -0.1) is 0 Å². The predicted octanol–water partition coefficient (Wildman–Crippen LogP) is 4.65. The van der Waals surface area contributed by atoms with Gasteiger partial charge in [-0.1, -0.05) is 72.8 Å². The second-order valence-electron chi connectivity index (χ2n) is 4.84. The molecule has 0 aliphatic rings. The molecular formula is C19H16O. The van der Waals surface area contributed by atoms with E-state index in [1.807, 2.05) is 54.6 Å². The highest BCUT2D eigenvalue weighted by molar-refractivity contribution is 5.74. The minimum absolute atomic E-state index is 0.338. The average molecular weight is 260 g/mol. The summed E-state index contributed by atoms with van der Waals surface area (Å²) in [6.45, 7) is 0. The van der Waals surface area contributed by atoms with Gasteiger partial charge in [-0.3, -0.25) is 0 Å². The Labute approximate surface area is 119 Å². The molecule has 3 aromatic rings. The third-order valence-electron chi connectivity index (χ3n) is 3.43. The fourth-order valence-electron chi connectivity index (χ4n) is 2.49. The average Bonchev–Trinajstić information content (AvgIpc) is 2.49. The number of phenolic OH excluding ortho intramolecular Hbond substituents is 1. The predicted molar refractivity (Wildman–Crippen MR) is 82.8 cm³/mol. The topological polar surface area (TPSA) is 20.2 Å². The zero-order valence-corrected chi connectivity index (χ0v) is 11.2. The van der Waals surface area contributed by atoms with Gasteiger partial charge in [0, 0.05) is 5.56 Å². The molecule has 0 saturated carbocycles. The van der Waals surface area contributed by atoms with E-state index < -0.39 is 0 Å². The van der Waals surface area contributed by atoms with Crippen molar-refractivity contribution >= 4 is 0 Å². The zero-order valence-electron chi connectivity index (χ0n) is 11.2. The van der Waals surface area contributed by atoms with E-state index in [1.165, 1.54) is 5.56 Å². The van der Waals surface area contributed by atoms with Gasteiger partial charge in [0.05, 0.1) is 0 Å². The molecule has 0 aliphatic heterocycles. The Morgan fingerprint density at radius 1 is 0.650 bits per heavy atom. The first kappa shape index (κ1) is 12.5. The number of phenols is 1. The van der Waals surface area contributed by atoms with Gasteiger partial charge in [0.25, 0.3) is 0 Å². The zero-order chi connectivity index (χ0) is 13.8. The minimum atomic E-state index is 0.338. The Hall–Kier alpha value is -2.54. The van der Waals surface area contributed by atoms with Crippen molar-refractivity contribution in [1.82, 2.24) is 0 Å². The molecule has 3 aromatic carbocycles. The molecule has 0 bridgehead atoms. The highest BCUT2D eigenvalue weighted by atomic mass is 16.3. The lowest BCUT2D eigenvalue weighted by Gasteiger charge is -2.12. The summed E-state index contributed by atoms with van der Waals surface area (Å²) in [5.41, 5.74) is 4.37. The molecule has 1 nitrogen and oxygen atoms in total. The van der Waals surface area contributed by atoms with Crippen LogP contribution in [0.15, 0.2) is 78.9 Å². The van der Waals surface area contributed by atoms with E-state index in [-0.39, 0.29) is 0 Å². The monoisotopic (exact) mass is 260 g/mol. The molecule has 3 rings (SSSR count). The normalized spacial score (nSPS) is 10.4. The summed E-state index contributed by atoms with van der Waals surface area (Å²) in [5, 5.41) is 10.2. The summed E-state index contributed by atoms with van der Waals surface area (Å²) < 4.78 is 0. The van der Waals surface area contributed by atoms with Crippen molar-refractivity contribution in [1.29, 1.82) is 0 Å². The first-order valence-electron chi connectivity index (χ1n) is 6.75. The van der Waals surface area contributed by atoms with E-state index in [9.17, 15) is 5.11 Å². The molecule has 0 atom stereocenters. The highest BCUT2D eigenvalue weighted by Gasteiger charge is 2.10. The van der Waals surface area contributed by atoms with Crippen molar-refractivity contribution < 1.29 is 5.11 Å². The number of benzene rings is 3. The fourth-order valence-corrected chi connectivity index (χ4v) is 2.49. The standard InChI is InChI=1S/C19H16O/c20-18-13-7-12-17(14-15-8-3-1-4-9-15)19(18)16-10-5-2-6-11-16/h1-13,20H,14H2. The maximum Gasteiger partial charge on any atom is 0.123 e. The van der Waals surface area contributed by atoms with Crippen LogP contribution in [-0.4, -0.2) is 5.11 Å². The molecule has 0 radical (unpaired) electrons. The molecular weight excluding hydrogens is 244 g/mol. The molecule has 0 unspecified atom stereocenters. The van der Waals surface area contributed by atoms with Gasteiger partial charge in [0.1, 0.15) is 5.75 Å². The maximum atomic E-state index is 10.2. The van der Waals surface area contributed by atoms with Gasteiger partial charge in [0.15, 0.2) is 0 Å². The summed E-state index contributed by atoms with van der Waals surface area (Å²) >= 11 is 0. The van der Waals surface area contributed by atoms with Crippen LogP contribution < -0.4 is 0 Å². The number of hydrogen-bond donors (Lipinski definition) is 1. The lowest BCUT2D eigenvalue weighted by Crippen LogP contribution is -1.92. The summed E-state index contributed by atoms with van der Waals surface area (Å²) in [4.78, 5) is 0. The highest BCUT2D eigenvalue weighted by Crippen LogP contribution is 2.33. The van der Waals surface area contributed by atoms with Crippen LogP contribution in [0.1, 0.15) is 11.1 Å². The molecule has 98 valence electrons. The van der Waals surface area contributed by atoms with E-state index >= 15 is 0 Å². The van der Waals surface area contributed by atoms with Crippen molar-refractivity contribution in [2.24, 2.45) is 0 Å². The van der Waals surface area contributed by atoms with Crippen LogP contribution in [0.3, 0.4) is 0 Å². The van der Waals surface area contributed by atoms with E-state index in [4.69, 9.17) is 0 Å². The van der Waals surface area contributed by atoms with Gasteiger partial charge in [-0.05, 0) is 29.2 Å². The van der Waals surface area contributed by atoms with Crippen LogP contribution in [0.2, 0.25) is 0 Å². The minimum Gasteiger partial charge on any atom is -0.507 e. The molecule has 0 amide bonds. The van der Waals surface area contributed by atoms with Crippen molar-refractivity contribution in [2.75, 3.05) is 0 Å². The smallest absolute Gasteiger partial charge is 0.123 e. The number of hydrogen-bond acceptors (Lipinski definition) is 1. The first-order chi connectivity index (χ1) is 9.84. The van der Waals surface area contributed by atoms with Gasteiger partial charge in [-0.25, -0.2) is 0 Å². The Kier molecular flexibility index (Phi) is 3.51. The second-order valence-corrected chi connectivity index (χ2v) is 4.84. The fraction of sp³-hybridized carbons (Fsp3) is 0.0526. The van der Waals surface area contributed by atoms with Crippen LogP contribution >= 0.6 is 0 Å². The molecule has 0 heterocycles. The third-order valence-corrected chi connectivity index (χ3v) is 3.43. The molecule has 0 aromatic heterocycles. The van der Waals surface area contributed by atoms with Crippen LogP contribution in [0.4, 0.5) is 0 Å². The molecule has 0 saturated heterocycles. The SMILES string of the molecule is Oc1cccc(Cc2ccccc2)c1-c1ccccc1. The van der Waals surface area contributed by atoms with Gasteiger partial charge < -0.3 is 5.11 Å². The van der Waals surface area contributed by atoms with Crippen LogP contribution in [0.25, 0.3) is 11.1 Å². The summed E-state index contributed by atoms with van der Waals surface area (Å²) in [7, 11) is 0. The molecule has 0 aliphatic carbocycles. The van der Waals surface area contributed by atoms with E-state index in [0.717, 1.165) is 23.1 Å². The largest absolute Gasteiger partial charge is 0.507 e. The van der Waals surface area contributed by atoms with Crippen molar-refractivity contribution in [3.8, 4) is 16.9 Å². The third kappa shape index (κ3) is 2.57. The number of rotatable bonds is 3. The second kappa shape index (κ2) is 5.62. The van der Waals surface area contributed by atoms with Crippen LogP contribution in [-0.2, 0) is 6.42 Å². The number of aromatic hydroxyl groups is 1. The summed E-state index contributed by atoms with van der Waals surface area (Å²) in [5.74, 6) is 0.338. The summed E-state index contributed by atoms with van der Waals surface area (Å²) in [6, 6.07) is 26.1. The van der Waals surface area contributed by atoms with Crippen molar-refractivity contribution in [3.05, 3.63) is 90.0 Å². The molecule has 0 spiro atoms. The van der Waals surface area contributed by atoms with E-state index in [2.05, 4.69) is 18.2 Å². The van der Waals surface area contributed by atoms with E-state index in [0.29, 0.717) is 5.75 Å². The van der Waals surface area contributed by atoms with Crippen LogP contribution in [0, 0.1) is 0 Å². The van der Waals surface area contributed by atoms with E-state index in [1.54, 1.807) is 6.07 Å². The quantitative estimate of drug-likeness (QED) is 0.726. The lowest BCUT2D eigenvalue weighted by atomic mass is 9.94. The Morgan fingerprint density at radius 2 is 1.30 bits per heavy atom. The van der Waals surface area contributed by atoms with Crippen molar-refractivity contribution in [2.45, 2.75) is 6.42 Å². The molecule has 0 fully saturated rings. The maximum absolute atomic E-state index is 10.2. The lowest BCUT2D eigenvalue weighted by molar-refractivity contribution is 0.477. The molecule has 20 heavy (non-hydrogen) atoms. The van der Waals surface area contributed by atoms with Gasteiger partial charge in [-0.2, -0.15) is 0 Å². The Balaban J connectivity index is 2.06. The molecule has 1 heteroatoms.